The van der Waals surface area contributed by atoms with Crippen molar-refractivity contribution in [3.05, 3.63) is 64.7 Å². The van der Waals surface area contributed by atoms with Gasteiger partial charge in [0, 0.05) is 31.0 Å². The van der Waals surface area contributed by atoms with Crippen molar-refractivity contribution in [3.8, 4) is 0 Å². The van der Waals surface area contributed by atoms with Crippen LogP contribution in [0.4, 0.5) is 4.39 Å². The Labute approximate surface area is 133 Å². The van der Waals surface area contributed by atoms with Gasteiger partial charge in [-0.1, -0.05) is 23.7 Å². The van der Waals surface area contributed by atoms with E-state index in [0.29, 0.717) is 17.9 Å². The molecule has 3 rings (SSSR count). The van der Waals surface area contributed by atoms with Crippen molar-refractivity contribution in [1.82, 2.24) is 15.6 Å². The van der Waals surface area contributed by atoms with E-state index in [-0.39, 0.29) is 11.1 Å². The molecule has 2 N–H and O–H groups in total. The van der Waals surface area contributed by atoms with Crippen molar-refractivity contribution in [2.24, 2.45) is 4.99 Å². The van der Waals surface area contributed by atoms with E-state index in [1.807, 2.05) is 12.1 Å². The standard InChI is InChI=1S/C16H16ClFN4/c17-13-3-1-2-12(15(13)18)14(22-16-20-8-9-21-16)10-11-4-6-19-7-5-11/h1-7,14H,8-10H2,(H2,20,21,22). The van der Waals surface area contributed by atoms with Crippen LogP contribution in [0.25, 0.3) is 0 Å². The van der Waals surface area contributed by atoms with Gasteiger partial charge in [-0.15, -0.1) is 0 Å². The summed E-state index contributed by atoms with van der Waals surface area (Å²) in [5.74, 6) is 0.281. The molecule has 1 aromatic heterocycles. The van der Waals surface area contributed by atoms with Gasteiger partial charge in [0.05, 0.1) is 11.1 Å². The molecule has 2 aromatic rings. The largest absolute Gasteiger partial charge is 0.355 e. The van der Waals surface area contributed by atoms with Crippen LogP contribution < -0.4 is 10.6 Å². The van der Waals surface area contributed by atoms with Gasteiger partial charge in [0.2, 0.25) is 0 Å². The summed E-state index contributed by atoms with van der Waals surface area (Å²) in [6, 6.07) is 8.48. The number of nitrogens with zero attached hydrogens (tertiary/aromatic N) is 2. The van der Waals surface area contributed by atoms with Gasteiger partial charge in [-0.25, -0.2) is 9.38 Å². The number of rotatable bonds is 4. The minimum Gasteiger partial charge on any atom is -0.355 e. The highest BCUT2D eigenvalue weighted by Gasteiger charge is 2.19. The maximum absolute atomic E-state index is 14.4. The molecule has 0 bridgehead atoms. The molecule has 4 nitrogen and oxygen atoms in total. The Bertz CT molecular complexity index is 667. The van der Waals surface area contributed by atoms with Crippen molar-refractivity contribution in [2.75, 3.05) is 13.1 Å². The van der Waals surface area contributed by atoms with E-state index >= 15 is 0 Å². The SMILES string of the molecule is Fc1c(Cl)cccc1C(Cc1ccncc1)N=C1NCCN1. The van der Waals surface area contributed by atoms with Crippen LogP contribution in [0.1, 0.15) is 17.2 Å². The molecule has 0 radical (unpaired) electrons. The molecule has 1 aliphatic rings. The summed E-state index contributed by atoms with van der Waals surface area (Å²) in [5.41, 5.74) is 1.54. The summed E-state index contributed by atoms with van der Waals surface area (Å²) in [5, 5.41) is 6.41. The van der Waals surface area contributed by atoms with Crippen molar-refractivity contribution in [1.29, 1.82) is 0 Å². The summed E-state index contributed by atoms with van der Waals surface area (Å²) in [6.07, 6.45) is 4.02. The van der Waals surface area contributed by atoms with Crippen LogP contribution in [0, 0.1) is 5.82 Å². The van der Waals surface area contributed by atoms with Gasteiger partial charge in [-0.2, -0.15) is 0 Å². The highest BCUT2D eigenvalue weighted by Crippen LogP contribution is 2.28. The van der Waals surface area contributed by atoms with E-state index in [1.165, 1.54) is 0 Å². The normalized spacial score (nSPS) is 15.1. The molecule has 1 unspecified atom stereocenters. The van der Waals surface area contributed by atoms with Gasteiger partial charge in [-0.3, -0.25) is 4.98 Å². The van der Waals surface area contributed by atoms with Crippen LogP contribution in [-0.4, -0.2) is 24.0 Å². The molecular formula is C16H16ClFN4. The topological polar surface area (TPSA) is 49.3 Å². The highest BCUT2D eigenvalue weighted by molar-refractivity contribution is 6.30. The lowest BCUT2D eigenvalue weighted by Gasteiger charge is -2.16. The van der Waals surface area contributed by atoms with Crippen molar-refractivity contribution in [2.45, 2.75) is 12.5 Å². The number of nitrogens with one attached hydrogen (secondary N) is 2. The Morgan fingerprint density at radius 1 is 1.18 bits per heavy atom. The maximum atomic E-state index is 14.4. The predicted molar refractivity (Wildman–Crippen MR) is 85.5 cm³/mol. The summed E-state index contributed by atoms with van der Waals surface area (Å²) in [4.78, 5) is 8.62. The summed E-state index contributed by atoms with van der Waals surface area (Å²) >= 11 is 5.91. The fourth-order valence-corrected chi connectivity index (χ4v) is 2.60. The zero-order valence-electron chi connectivity index (χ0n) is 11.9. The molecule has 1 aliphatic heterocycles. The van der Waals surface area contributed by atoms with Crippen LogP contribution >= 0.6 is 11.6 Å². The van der Waals surface area contributed by atoms with Crippen LogP contribution in [0.2, 0.25) is 5.02 Å². The maximum Gasteiger partial charge on any atom is 0.192 e. The Morgan fingerprint density at radius 3 is 2.64 bits per heavy atom. The molecule has 0 amide bonds. The van der Waals surface area contributed by atoms with E-state index in [2.05, 4.69) is 20.6 Å². The molecule has 2 heterocycles. The third kappa shape index (κ3) is 3.36. The summed E-state index contributed by atoms with van der Waals surface area (Å²) in [7, 11) is 0. The predicted octanol–water partition coefficient (Wildman–Crippen LogP) is 2.71. The molecule has 0 aliphatic carbocycles. The Balaban J connectivity index is 1.95. The minimum atomic E-state index is -0.412. The molecule has 0 saturated carbocycles. The van der Waals surface area contributed by atoms with E-state index < -0.39 is 5.82 Å². The Morgan fingerprint density at radius 2 is 1.91 bits per heavy atom. The second-order valence-corrected chi connectivity index (χ2v) is 5.46. The van der Waals surface area contributed by atoms with Crippen LogP contribution in [-0.2, 0) is 6.42 Å². The number of benzene rings is 1. The molecule has 1 atom stereocenters. The number of hydrogen-bond donors (Lipinski definition) is 2. The molecular weight excluding hydrogens is 303 g/mol. The molecule has 22 heavy (non-hydrogen) atoms. The minimum absolute atomic E-state index is 0.116. The lowest BCUT2D eigenvalue weighted by molar-refractivity contribution is 0.580. The Kier molecular flexibility index (Phi) is 4.53. The van der Waals surface area contributed by atoms with Gasteiger partial charge in [-0.05, 0) is 30.2 Å². The van der Waals surface area contributed by atoms with Gasteiger partial charge < -0.3 is 10.6 Å². The molecule has 1 fully saturated rings. The van der Waals surface area contributed by atoms with E-state index in [9.17, 15) is 4.39 Å². The first-order valence-corrected chi connectivity index (χ1v) is 7.50. The van der Waals surface area contributed by atoms with Crippen LogP contribution in [0.3, 0.4) is 0 Å². The molecule has 114 valence electrons. The lowest BCUT2D eigenvalue weighted by atomic mass is 9.99. The number of aromatic nitrogens is 1. The van der Waals surface area contributed by atoms with Gasteiger partial charge in [0.25, 0.3) is 0 Å². The first kappa shape index (κ1) is 14.8. The summed E-state index contributed by atoms with van der Waals surface area (Å²) < 4.78 is 14.4. The molecule has 0 spiro atoms. The number of aliphatic imine (C=N–C) groups is 1. The van der Waals surface area contributed by atoms with Gasteiger partial charge in [0.1, 0.15) is 5.82 Å². The third-order valence-electron chi connectivity index (χ3n) is 3.51. The average molecular weight is 319 g/mol. The molecule has 1 saturated heterocycles. The first-order valence-electron chi connectivity index (χ1n) is 7.12. The summed E-state index contributed by atoms with van der Waals surface area (Å²) in [6.45, 7) is 1.64. The van der Waals surface area contributed by atoms with Crippen molar-refractivity contribution < 1.29 is 4.39 Å². The number of pyridine rings is 1. The van der Waals surface area contributed by atoms with Gasteiger partial charge >= 0.3 is 0 Å². The zero-order valence-corrected chi connectivity index (χ0v) is 12.6. The number of halogens is 2. The smallest absolute Gasteiger partial charge is 0.192 e. The van der Waals surface area contributed by atoms with E-state index in [0.717, 1.165) is 18.7 Å². The van der Waals surface area contributed by atoms with Crippen molar-refractivity contribution >= 4 is 17.6 Å². The van der Waals surface area contributed by atoms with Crippen molar-refractivity contribution in [3.63, 3.8) is 0 Å². The molecule has 1 aromatic carbocycles. The average Bonchev–Trinajstić information content (AvgIpc) is 3.03. The quantitative estimate of drug-likeness (QED) is 0.911. The van der Waals surface area contributed by atoms with E-state index in [4.69, 9.17) is 11.6 Å². The van der Waals surface area contributed by atoms with Crippen LogP contribution in [0.5, 0.6) is 0 Å². The van der Waals surface area contributed by atoms with Gasteiger partial charge in [0.15, 0.2) is 5.96 Å². The zero-order chi connectivity index (χ0) is 15.4. The number of hydrogen-bond acceptors (Lipinski definition) is 2. The lowest BCUT2D eigenvalue weighted by Crippen LogP contribution is -2.25. The second-order valence-electron chi connectivity index (χ2n) is 5.05. The van der Waals surface area contributed by atoms with E-state index in [1.54, 1.807) is 30.6 Å². The number of guanidine groups is 1. The third-order valence-corrected chi connectivity index (χ3v) is 3.81. The molecule has 6 heteroatoms. The van der Waals surface area contributed by atoms with Crippen LogP contribution in [0.15, 0.2) is 47.7 Å². The fourth-order valence-electron chi connectivity index (χ4n) is 2.42. The Hall–Kier alpha value is -2.14. The second kappa shape index (κ2) is 6.75. The first-order chi connectivity index (χ1) is 10.7. The highest BCUT2D eigenvalue weighted by atomic mass is 35.5. The monoisotopic (exact) mass is 318 g/mol. The fraction of sp³-hybridized carbons (Fsp3) is 0.250.